The summed E-state index contributed by atoms with van der Waals surface area (Å²) in [5.74, 6) is 0.467. The fraction of sp³-hybridized carbons (Fsp3) is 0.667. The molecule has 6 heteroatoms. The minimum atomic E-state index is -0.756. The number of aliphatic hydroxyl groups excluding tert-OH is 1. The van der Waals surface area contributed by atoms with E-state index >= 15 is 0 Å². The van der Waals surface area contributed by atoms with Gasteiger partial charge in [-0.2, -0.15) is 0 Å². The lowest BCUT2D eigenvalue weighted by Gasteiger charge is -2.25. The van der Waals surface area contributed by atoms with E-state index in [1.165, 1.54) is 0 Å². The van der Waals surface area contributed by atoms with Crippen LogP contribution in [0.2, 0.25) is 0 Å². The van der Waals surface area contributed by atoms with Gasteiger partial charge in [-0.1, -0.05) is 0 Å². The second-order valence-corrected chi connectivity index (χ2v) is 2.54. The van der Waals surface area contributed by atoms with Gasteiger partial charge in [-0.3, -0.25) is 5.32 Å². The van der Waals surface area contributed by atoms with Gasteiger partial charge in [0.25, 0.3) is 0 Å². The summed E-state index contributed by atoms with van der Waals surface area (Å²) in [7, 11) is 0. The summed E-state index contributed by atoms with van der Waals surface area (Å²) in [6.45, 7) is 1.76. The lowest BCUT2D eigenvalue weighted by atomic mass is 10.3. The third-order valence-electron chi connectivity index (χ3n) is 1.57. The summed E-state index contributed by atoms with van der Waals surface area (Å²) in [5, 5.41) is 17.5. The molecule has 0 saturated carbocycles. The van der Waals surface area contributed by atoms with E-state index in [2.05, 4.69) is 16.0 Å². The van der Waals surface area contributed by atoms with Gasteiger partial charge in [0.1, 0.15) is 5.82 Å². The Morgan fingerprint density at radius 3 is 3.00 bits per heavy atom. The summed E-state index contributed by atoms with van der Waals surface area (Å²) in [4.78, 5) is 0. The quantitative estimate of drug-likeness (QED) is 0.274. The van der Waals surface area contributed by atoms with Crippen LogP contribution in [0.5, 0.6) is 0 Å². The van der Waals surface area contributed by atoms with Gasteiger partial charge in [0, 0.05) is 19.6 Å². The molecule has 0 saturated heterocycles. The fourth-order valence-electron chi connectivity index (χ4n) is 0.960. The second-order valence-electron chi connectivity index (χ2n) is 2.54. The summed E-state index contributed by atoms with van der Waals surface area (Å²) in [5.41, 5.74) is 11.7. The number of aliphatic hydroxyl groups is 1. The molecule has 0 aromatic rings. The average Bonchev–Trinajstić information content (AvgIpc) is 2.03. The molecule has 1 unspecified atom stereocenters. The molecule has 1 heterocycles. The maximum absolute atomic E-state index is 9.03. The molecule has 0 spiro atoms. The number of nitrogens with one attached hydrogen (secondary N) is 3. The molecule has 1 rings (SSSR count). The zero-order chi connectivity index (χ0) is 8.97. The first-order chi connectivity index (χ1) is 5.74. The second kappa shape index (κ2) is 4.15. The number of hydrogen-bond acceptors (Lipinski definition) is 6. The maximum Gasteiger partial charge on any atom is 0.182 e. The smallest absolute Gasteiger partial charge is 0.182 e. The third kappa shape index (κ3) is 2.26. The van der Waals surface area contributed by atoms with E-state index in [1.54, 1.807) is 0 Å². The predicted molar refractivity (Wildman–Crippen MR) is 45.4 cm³/mol. The highest BCUT2D eigenvalue weighted by molar-refractivity contribution is 5.12. The molecule has 8 N–H and O–H groups in total. The van der Waals surface area contributed by atoms with Crippen molar-refractivity contribution < 1.29 is 5.11 Å². The molecule has 0 bridgehead atoms. The minimum Gasteiger partial charge on any atom is -0.384 e. The Hall–Kier alpha value is -0.980. The van der Waals surface area contributed by atoms with Crippen molar-refractivity contribution in [3.05, 3.63) is 11.5 Å². The van der Waals surface area contributed by atoms with Gasteiger partial charge < -0.3 is 27.2 Å². The molecular formula is C6H15N5O. The Kier molecular flexibility index (Phi) is 3.15. The number of nitrogens with two attached hydrogens (primary N) is 2. The molecule has 6 nitrogen and oxygen atoms in total. The summed E-state index contributed by atoms with van der Waals surface area (Å²) >= 11 is 0. The van der Waals surface area contributed by atoms with Crippen LogP contribution in [0.25, 0.3) is 0 Å². The van der Waals surface area contributed by atoms with Gasteiger partial charge in [0.05, 0.1) is 5.70 Å². The topological polar surface area (TPSA) is 108 Å². The van der Waals surface area contributed by atoms with Crippen molar-refractivity contribution in [1.29, 1.82) is 0 Å². The van der Waals surface area contributed by atoms with Crippen LogP contribution in [-0.2, 0) is 0 Å². The van der Waals surface area contributed by atoms with Crippen LogP contribution in [0.1, 0.15) is 0 Å². The zero-order valence-corrected chi connectivity index (χ0v) is 6.80. The third-order valence-corrected chi connectivity index (χ3v) is 1.57. The first-order valence-corrected chi connectivity index (χ1v) is 3.84. The van der Waals surface area contributed by atoms with Crippen molar-refractivity contribution in [2.24, 2.45) is 11.5 Å². The average molecular weight is 173 g/mol. The predicted octanol–water partition coefficient (Wildman–Crippen LogP) is -2.87. The maximum atomic E-state index is 9.03. The SMILES string of the molecule is NCCNC1=C(N)NC(O)NC1. The first-order valence-electron chi connectivity index (χ1n) is 3.84. The minimum absolute atomic E-state index is 0.467. The lowest BCUT2D eigenvalue weighted by molar-refractivity contribution is 0.107. The van der Waals surface area contributed by atoms with E-state index in [9.17, 15) is 0 Å². The number of hydrogen-bond donors (Lipinski definition) is 6. The molecule has 12 heavy (non-hydrogen) atoms. The molecule has 0 aromatic carbocycles. The molecule has 0 radical (unpaired) electrons. The van der Waals surface area contributed by atoms with Crippen molar-refractivity contribution in [3.63, 3.8) is 0 Å². The van der Waals surface area contributed by atoms with Crippen molar-refractivity contribution in [1.82, 2.24) is 16.0 Å². The van der Waals surface area contributed by atoms with Gasteiger partial charge in [0.15, 0.2) is 6.35 Å². The van der Waals surface area contributed by atoms with Gasteiger partial charge in [-0.25, -0.2) is 0 Å². The van der Waals surface area contributed by atoms with Crippen LogP contribution in [0, 0.1) is 0 Å². The molecule has 0 amide bonds. The van der Waals surface area contributed by atoms with Crippen LogP contribution in [0.3, 0.4) is 0 Å². The Bertz CT molecular complexity index is 181. The molecule has 0 aromatic heterocycles. The van der Waals surface area contributed by atoms with Crippen LogP contribution >= 0.6 is 0 Å². The van der Waals surface area contributed by atoms with E-state index in [0.717, 1.165) is 5.70 Å². The highest BCUT2D eigenvalue weighted by atomic mass is 16.3. The molecule has 0 fully saturated rings. The van der Waals surface area contributed by atoms with Crippen molar-refractivity contribution in [2.75, 3.05) is 19.6 Å². The molecule has 1 aliphatic rings. The highest BCUT2D eigenvalue weighted by Gasteiger charge is 2.13. The van der Waals surface area contributed by atoms with Crippen LogP contribution in [-0.4, -0.2) is 31.1 Å². The Morgan fingerprint density at radius 1 is 1.67 bits per heavy atom. The first kappa shape index (κ1) is 9.11. The molecule has 1 atom stereocenters. The summed E-state index contributed by atoms with van der Waals surface area (Å²) in [6, 6.07) is 0. The van der Waals surface area contributed by atoms with Gasteiger partial charge in [-0.05, 0) is 0 Å². The van der Waals surface area contributed by atoms with Gasteiger partial charge in [-0.15, -0.1) is 0 Å². The normalized spacial score (nSPS) is 23.7. The van der Waals surface area contributed by atoms with Crippen molar-refractivity contribution in [3.8, 4) is 0 Å². The van der Waals surface area contributed by atoms with Crippen molar-refractivity contribution >= 4 is 0 Å². The molecule has 70 valence electrons. The molecule has 1 aliphatic heterocycles. The van der Waals surface area contributed by atoms with E-state index in [4.69, 9.17) is 16.6 Å². The monoisotopic (exact) mass is 173 g/mol. The molecule has 0 aliphatic carbocycles. The van der Waals surface area contributed by atoms with Gasteiger partial charge in [0.2, 0.25) is 0 Å². The Morgan fingerprint density at radius 2 is 2.42 bits per heavy atom. The Balaban J connectivity index is 2.45. The summed E-state index contributed by atoms with van der Waals surface area (Å²) < 4.78 is 0. The van der Waals surface area contributed by atoms with Crippen molar-refractivity contribution in [2.45, 2.75) is 6.35 Å². The van der Waals surface area contributed by atoms with Crippen LogP contribution in [0.4, 0.5) is 0 Å². The standard InChI is InChI=1S/C6H15N5O/c7-1-2-9-4-3-10-6(12)11-5(4)8/h6,9-12H,1-3,7-8H2. The van der Waals surface area contributed by atoms with E-state index < -0.39 is 6.35 Å². The van der Waals surface area contributed by atoms with Gasteiger partial charge >= 0.3 is 0 Å². The van der Waals surface area contributed by atoms with Crippen LogP contribution < -0.4 is 27.4 Å². The van der Waals surface area contributed by atoms with E-state index in [-0.39, 0.29) is 0 Å². The lowest BCUT2D eigenvalue weighted by Crippen LogP contribution is -2.51. The largest absolute Gasteiger partial charge is 0.384 e. The summed E-state index contributed by atoms with van der Waals surface area (Å²) in [6.07, 6.45) is -0.756. The van der Waals surface area contributed by atoms with E-state index in [0.29, 0.717) is 25.5 Å². The van der Waals surface area contributed by atoms with E-state index in [1.807, 2.05) is 0 Å². The van der Waals surface area contributed by atoms with Crippen LogP contribution in [0.15, 0.2) is 11.5 Å². The Labute approximate surface area is 71.0 Å². The fourth-order valence-corrected chi connectivity index (χ4v) is 0.960. The highest BCUT2D eigenvalue weighted by Crippen LogP contribution is 1.96. The zero-order valence-electron chi connectivity index (χ0n) is 6.80. The molecular weight excluding hydrogens is 158 g/mol. The number of rotatable bonds is 3.